The Morgan fingerprint density at radius 3 is 2.76 bits per heavy atom. The number of nitrogens with zero attached hydrogens (tertiary/aromatic N) is 5. The first kappa shape index (κ1) is 16.0. The van der Waals surface area contributed by atoms with E-state index in [1.54, 1.807) is 28.1 Å². The molecule has 0 amide bonds. The third-order valence-electron chi connectivity index (χ3n) is 4.45. The van der Waals surface area contributed by atoms with E-state index in [-0.39, 0.29) is 11.6 Å². The third kappa shape index (κ3) is 2.46. The molecule has 4 aromatic heterocycles. The summed E-state index contributed by atoms with van der Waals surface area (Å²) >= 11 is 1.66. The molecule has 0 N–H and O–H groups in total. The van der Waals surface area contributed by atoms with E-state index in [4.69, 9.17) is 4.98 Å². The number of thiophene rings is 1. The molecule has 0 unspecified atom stereocenters. The molecule has 0 saturated heterocycles. The van der Waals surface area contributed by atoms with E-state index in [1.807, 2.05) is 26.0 Å². The van der Waals surface area contributed by atoms with Gasteiger partial charge >= 0.3 is 5.69 Å². The smallest absolute Gasteiger partial charge is 0.264 e. The standard InChI is InChI=1S/C18H19N5OS/c1-10(2)15-20-17-14(11(3)12(4)25-17)16-21-22(18(24)23(15)16)9-13-6-5-7-19-8-13/h5-8,10H,9H2,1-4H3. The zero-order valence-electron chi connectivity index (χ0n) is 14.6. The van der Waals surface area contributed by atoms with E-state index in [2.05, 4.69) is 23.9 Å². The average molecular weight is 353 g/mol. The van der Waals surface area contributed by atoms with Crippen LogP contribution in [-0.4, -0.2) is 24.1 Å². The number of fused-ring (bicyclic) bond motifs is 3. The first-order chi connectivity index (χ1) is 12.0. The molecule has 4 aromatic rings. The average Bonchev–Trinajstić information content (AvgIpc) is 3.05. The molecule has 0 radical (unpaired) electrons. The second-order valence-corrected chi connectivity index (χ2v) is 7.75. The van der Waals surface area contributed by atoms with Crippen LogP contribution in [0.25, 0.3) is 15.9 Å². The molecule has 0 bridgehead atoms. The van der Waals surface area contributed by atoms with Gasteiger partial charge in [-0.25, -0.2) is 18.9 Å². The number of rotatable bonds is 3. The highest BCUT2D eigenvalue weighted by molar-refractivity contribution is 7.18. The van der Waals surface area contributed by atoms with Crippen molar-refractivity contribution in [1.29, 1.82) is 0 Å². The number of pyridine rings is 1. The summed E-state index contributed by atoms with van der Waals surface area (Å²) in [5.41, 5.74) is 2.64. The Labute approximate surface area is 148 Å². The molecule has 0 fully saturated rings. The molecular formula is C18H19N5OS. The fourth-order valence-corrected chi connectivity index (χ4v) is 4.07. The van der Waals surface area contributed by atoms with Crippen LogP contribution in [0.15, 0.2) is 29.3 Å². The summed E-state index contributed by atoms with van der Waals surface area (Å²) in [6, 6.07) is 3.81. The quantitative estimate of drug-likeness (QED) is 0.567. The van der Waals surface area contributed by atoms with E-state index >= 15 is 0 Å². The summed E-state index contributed by atoms with van der Waals surface area (Å²) in [5.74, 6) is 0.884. The molecule has 0 aromatic carbocycles. The van der Waals surface area contributed by atoms with Gasteiger partial charge in [-0.3, -0.25) is 4.98 Å². The predicted octanol–water partition coefficient (Wildman–Crippen LogP) is 3.29. The summed E-state index contributed by atoms with van der Waals surface area (Å²) in [7, 11) is 0. The molecule has 0 aliphatic carbocycles. The van der Waals surface area contributed by atoms with Gasteiger partial charge in [-0.1, -0.05) is 19.9 Å². The van der Waals surface area contributed by atoms with Crippen LogP contribution >= 0.6 is 11.3 Å². The van der Waals surface area contributed by atoms with E-state index in [1.165, 1.54) is 9.56 Å². The monoisotopic (exact) mass is 353 g/mol. The molecular weight excluding hydrogens is 334 g/mol. The fourth-order valence-electron chi connectivity index (χ4n) is 3.04. The fraction of sp³-hybridized carbons (Fsp3) is 0.333. The van der Waals surface area contributed by atoms with Crippen molar-refractivity contribution in [2.45, 2.75) is 40.2 Å². The van der Waals surface area contributed by atoms with Crippen molar-refractivity contribution in [3.63, 3.8) is 0 Å². The molecule has 7 heteroatoms. The molecule has 4 heterocycles. The van der Waals surface area contributed by atoms with Crippen LogP contribution in [0.3, 0.4) is 0 Å². The molecule has 0 atom stereocenters. The highest BCUT2D eigenvalue weighted by Crippen LogP contribution is 2.32. The minimum Gasteiger partial charge on any atom is -0.264 e. The van der Waals surface area contributed by atoms with Gasteiger partial charge in [0.1, 0.15) is 10.7 Å². The van der Waals surface area contributed by atoms with Gasteiger partial charge in [-0.2, -0.15) is 0 Å². The topological polar surface area (TPSA) is 65.1 Å². The van der Waals surface area contributed by atoms with Crippen molar-refractivity contribution < 1.29 is 0 Å². The minimum atomic E-state index is -0.153. The van der Waals surface area contributed by atoms with Crippen molar-refractivity contribution in [3.05, 3.63) is 56.8 Å². The van der Waals surface area contributed by atoms with E-state index in [0.29, 0.717) is 12.2 Å². The SMILES string of the molecule is Cc1sc2nc(C(C)C)n3c(=O)n(Cc4cccnc4)nc3c2c1C. The highest BCUT2D eigenvalue weighted by Gasteiger charge is 2.21. The molecule has 0 aliphatic heterocycles. The van der Waals surface area contributed by atoms with Gasteiger partial charge in [-0.05, 0) is 31.0 Å². The van der Waals surface area contributed by atoms with Gasteiger partial charge in [-0.15, -0.1) is 16.4 Å². The van der Waals surface area contributed by atoms with Crippen LogP contribution in [0.1, 0.15) is 41.6 Å². The maximum absolute atomic E-state index is 13.0. The van der Waals surface area contributed by atoms with Gasteiger partial charge < -0.3 is 0 Å². The summed E-state index contributed by atoms with van der Waals surface area (Å²) in [6.07, 6.45) is 3.48. The molecule has 128 valence electrons. The third-order valence-corrected chi connectivity index (χ3v) is 5.55. The van der Waals surface area contributed by atoms with Crippen LogP contribution in [0.4, 0.5) is 0 Å². The zero-order chi connectivity index (χ0) is 17.7. The van der Waals surface area contributed by atoms with Crippen LogP contribution < -0.4 is 5.69 Å². The molecule has 0 aliphatic rings. The maximum atomic E-state index is 13.0. The minimum absolute atomic E-state index is 0.128. The Morgan fingerprint density at radius 2 is 2.08 bits per heavy atom. The van der Waals surface area contributed by atoms with Crippen LogP contribution in [0, 0.1) is 13.8 Å². The Kier molecular flexibility index (Phi) is 3.68. The number of aromatic nitrogens is 5. The molecule has 0 spiro atoms. The lowest BCUT2D eigenvalue weighted by Gasteiger charge is -2.07. The molecule has 4 rings (SSSR count). The number of aryl methyl sites for hydroxylation is 2. The molecule has 6 nitrogen and oxygen atoms in total. The first-order valence-corrected chi connectivity index (χ1v) is 9.07. The normalized spacial score (nSPS) is 11.9. The van der Waals surface area contributed by atoms with Gasteiger partial charge in [0.25, 0.3) is 0 Å². The largest absolute Gasteiger partial charge is 0.352 e. The Balaban J connectivity index is 2.05. The van der Waals surface area contributed by atoms with Crippen molar-refractivity contribution in [2.24, 2.45) is 0 Å². The van der Waals surface area contributed by atoms with Gasteiger partial charge in [0.15, 0.2) is 5.65 Å². The van der Waals surface area contributed by atoms with Crippen LogP contribution in [0.2, 0.25) is 0 Å². The van der Waals surface area contributed by atoms with E-state index < -0.39 is 0 Å². The van der Waals surface area contributed by atoms with Crippen molar-refractivity contribution >= 4 is 27.2 Å². The first-order valence-electron chi connectivity index (χ1n) is 8.25. The Morgan fingerprint density at radius 1 is 1.28 bits per heavy atom. The summed E-state index contributed by atoms with van der Waals surface area (Å²) in [5, 5.41) is 5.64. The van der Waals surface area contributed by atoms with Gasteiger partial charge in [0.2, 0.25) is 0 Å². The lowest BCUT2D eigenvalue weighted by Crippen LogP contribution is -2.24. The second kappa shape index (κ2) is 5.77. The van der Waals surface area contributed by atoms with Crippen molar-refractivity contribution in [1.82, 2.24) is 24.1 Å². The zero-order valence-corrected chi connectivity index (χ0v) is 15.5. The summed E-state index contributed by atoms with van der Waals surface area (Å²) in [4.78, 5) is 24.1. The number of hydrogen-bond donors (Lipinski definition) is 0. The van der Waals surface area contributed by atoms with E-state index in [9.17, 15) is 4.79 Å². The summed E-state index contributed by atoms with van der Waals surface area (Å²) in [6.45, 7) is 8.64. The van der Waals surface area contributed by atoms with Crippen molar-refractivity contribution in [2.75, 3.05) is 0 Å². The molecule has 25 heavy (non-hydrogen) atoms. The Bertz CT molecular complexity index is 1140. The van der Waals surface area contributed by atoms with Gasteiger partial charge in [0.05, 0.1) is 11.9 Å². The highest BCUT2D eigenvalue weighted by atomic mass is 32.1. The van der Waals surface area contributed by atoms with Crippen molar-refractivity contribution in [3.8, 4) is 0 Å². The second-order valence-electron chi connectivity index (χ2n) is 6.55. The van der Waals surface area contributed by atoms with Crippen LogP contribution in [-0.2, 0) is 6.54 Å². The van der Waals surface area contributed by atoms with Gasteiger partial charge in [0, 0.05) is 23.2 Å². The number of hydrogen-bond acceptors (Lipinski definition) is 5. The maximum Gasteiger partial charge on any atom is 0.352 e. The van der Waals surface area contributed by atoms with Crippen LogP contribution in [0.5, 0.6) is 0 Å². The lowest BCUT2D eigenvalue weighted by molar-refractivity contribution is 0.647. The Hall–Kier alpha value is -2.54. The predicted molar refractivity (Wildman–Crippen MR) is 99.5 cm³/mol. The molecule has 0 saturated carbocycles. The summed E-state index contributed by atoms with van der Waals surface area (Å²) < 4.78 is 3.17. The lowest BCUT2D eigenvalue weighted by atomic mass is 10.2. The van der Waals surface area contributed by atoms with E-state index in [0.717, 1.165) is 27.2 Å².